The molecule has 0 spiro atoms. The Kier molecular flexibility index (Phi) is 6.47. The highest BCUT2D eigenvalue weighted by molar-refractivity contribution is 4.91. The van der Waals surface area contributed by atoms with E-state index in [9.17, 15) is 0 Å². The minimum Gasteiger partial charge on any atom is -0.376 e. The van der Waals surface area contributed by atoms with Crippen molar-refractivity contribution in [3.63, 3.8) is 0 Å². The summed E-state index contributed by atoms with van der Waals surface area (Å²) in [5.74, 6) is 0.661. The SMILES string of the molecule is CC(C)CNCc1cn(CCOC2CCCCC2)nn1. The van der Waals surface area contributed by atoms with Crippen LogP contribution in [0, 0.1) is 5.92 Å². The molecule has 0 aromatic carbocycles. The fourth-order valence-electron chi connectivity index (χ4n) is 2.56. The molecule has 1 aromatic heterocycles. The van der Waals surface area contributed by atoms with Crippen LogP contribution in [-0.2, 0) is 17.8 Å². The summed E-state index contributed by atoms with van der Waals surface area (Å²) in [6, 6.07) is 0. The number of nitrogens with one attached hydrogen (secondary N) is 1. The number of nitrogens with zero attached hydrogens (tertiary/aromatic N) is 3. The van der Waals surface area contributed by atoms with Crippen LogP contribution in [0.15, 0.2) is 6.20 Å². The standard InChI is InChI=1S/C15H28N4O/c1-13(2)10-16-11-14-12-19(18-17-14)8-9-20-15-6-4-3-5-7-15/h12-13,15-16H,3-11H2,1-2H3. The molecular weight excluding hydrogens is 252 g/mol. The molecular formula is C15H28N4O. The topological polar surface area (TPSA) is 52.0 Å². The number of ether oxygens (including phenoxy) is 1. The maximum atomic E-state index is 5.90. The zero-order chi connectivity index (χ0) is 14.2. The Balaban J connectivity index is 1.62. The molecule has 0 bridgehead atoms. The Bertz CT molecular complexity index is 372. The van der Waals surface area contributed by atoms with Gasteiger partial charge in [0, 0.05) is 12.7 Å². The summed E-state index contributed by atoms with van der Waals surface area (Å²) in [4.78, 5) is 0. The van der Waals surface area contributed by atoms with Gasteiger partial charge in [0.05, 0.1) is 24.9 Å². The van der Waals surface area contributed by atoms with Gasteiger partial charge in [-0.1, -0.05) is 38.3 Å². The summed E-state index contributed by atoms with van der Waals surface area (Å²) in [7, 11) is 0. The number of aromatic nitrogens is 3. The van der Waals surface area contributed by atoms with Gasteiger partial charge in [-0.3, -0.25) is 0 Å². The molecule has 1 aromatic rings. The lowest BCUT2D eigenvalue weighted by Crippen LogP contribution is -2.19. The highest BCUT2D eigenvalue weighted by Gasteiger charge is 2.13. The normalized spacial score (nSPS) is 16.9. The van der Waals surface area contributed by atoms with Crippen LogP contribution in [0.3, 0.4) is 0 Å². The number of hydrogen-bond acceptors (Lipinski definition) is 4. The smallest absolute Gasteiger partial charge is 0.0964 e. The Morgan fingerprint density at radius 2 is 2.15 bits per heavy atom. The van der Waals surface area contributed by atoms with Gasteiger partial charge in [0.15, 0.2) is 0 Å². The third kappa shape index (κ3) is 5.59. The predicted octanol–water partition coefficient (Wildman–Crippen LogP) is 2.37. The van der Waals surface area contributed by atoms with E-state index >= 15 is 0 Å². The molecule has 0 radical (unpaired) electrons. The zero-order valence-corrected chi connectivity index (χ0v) is 12.8. The van der Waals surface area contributed by atoms with Gasteiger partial charge >= 0.3 is 0 Å². The molecule has 1 saturated carbocycles. The van der Waals surface area contributed by atoms with Crippen molar-refractivity contribution in [2.24, 2.45) is 5.92 Å². The third-order valence-electron chi connectivity index (χ3n) is 3.67. The minimum absolute atomic E-state index is 0.472. The van der Waals surface area contributed by atoms with Crippen molar-refractivity contribution >= 4 is 0 Å². The monoisotopic (exact) mass is 280 g/mol. The highest BCUT2D eigenvalue weighted by atomic mass is 16.5. The largest absolute Gasteiger partial charge is 0.376 e. The van der Waals surface area contributed by atoms with Gasteiger partial charge in [-0.25, -0.2) is 4.68 Å². The van der Waals surface area contributed by atoms with Crippen LogP contribution in [0.4, 0.5) is 0 Å². The second kappa shape index (κ2) is 8.37. The molecule has 0 saturated heterocycles. The fourth-order valence-corrected chi connectivity index (χ4v) is 2.56. The van der Waals surface area contributed by atoms with Crippen LogP contribution in [-0.4, -0.2) is 34.2 Å². The van der Waals surface area contributed by atoms with E-state index in [0.29, 0.717) is 12.0 Å². The van der Waals surface area contributed by atoms with Crippen LogP contribution in [0.1, 0.15) is 51.6 Å². The molecule has 0 atom stereocenters. The third-order valence-corrected chi connectivity index (χ3v) is 3.67. The van der Waals surface area contributed by atoms with Gasteiger partial charge in [0.1, 0.15) is 0 Å². The van der Waals surface area contributed by atoms with Crippen molar-refractivity contribution in [1.29, 1.82) is 0 Å². The second-order valence-corrected chi connectivity index (χ2v) is 6.13. The van der Waals surface area contributed by atoms with Gasteiger partial charge in [0.25, 0.3) is 0 Å². The highest BCUT2D eigenvalue weighted by Crippen LogP contribution is 2.20. The number of rotatable bonds is 8. The molecule has 1 aliphatic rings. The van der Waals surface area contributed by atoms with Crippen molar-refractivity contribution in [3.8, 4) is 0 Å². The van der Waals surface area contributed by atoms with Crippen molar-refractivity contribution in [2.75, 3.05) is 13.2 Å². The Morgan fingerprint density at radius 3 is 2.90 bits per heavy atom. The van der Waals surface area contributed by atoms with Gasteiger partial charge in [0.2, 0.25) is 0 Å². The lowest BCUT2D eigenvalue weighted by Gasteiger charge is -2.21. The molecule has 5 heteroatoms. The average Bonchev–Trinajstić information content (AvgIpc) is 2.87. The lowest BCUT2D eigenvalue weighted by molar-refractivity contribution is 0.0227. The van der Waals surface area contributed by atoms with Crippen LogP contribution in [0.2, 0.25) is 0 Å². The van der Waals surface area contributed by atoms with E-state index < -0.39 is 0 Å². The maximum absolute atomic E-state index is 5.90. The first-order chi connectivity index (χ1) is 9.74. The quantitative estimate of drug-likeness (QED) is 0.794. The van der Waals surface area contributed by atoms with E-state index in [4.69, 9.17) is 4.74 Å². The van der Waals surface area contributed by atoms with E-state index in [1.54, 1.807) is 0 Å². The zero-order valence-electron chi connectivity index (χ0n) is 12.8. The molecule has 0 amide bonds. The summed E-state index contributed by atoms with van der Waals surface area (Å²) in [6.07, 6.45) is 8.94. The molecule has 5 nitrogen and oxygen atoms in total. The molecule has 1 fully saturated rings. The molecule has 2 rings (SSSR count). The summed E-state index contributed by atoms with van der Waals surface area (Å²) in [5.41, 5.74) is 1.00. The van der Waals surface area contributed by atoms with Crippen molar-refractivity contribution in [1.82, 2.24) is 20.3 Å². The lowest BCUT2D eigenvalue weighted by atomic mass is 9.98. The van der Waals surface area contributed by atoms with E-state index in [-0.39, 0.29) is 0 Å². The van der Waals surface area contributed by atoms with E-state index in [1.165, 1.54) is 32.1 Å². The summed E-state index contributed by atoms with van der Waals surface area (Å²) in [5, 5.41) is 11.7. The average molecular weight is 280 g/mol. The molecule has 0 unspecified atom stereocenters. The van der Waals surface area contributed by atoms with Crippen molar-refractivity contribution in [3.05, 3.63) is 11.9 Å². The van der Waals surface area contributed by atoms with Gasteiger partial charge in [-0.15, -0.1) is 5.10 Å². The van der Waals surface area contributed by atoms with E-state index in [0.717, 1.165) is 31.9 Å². The van der Waals surface area contributed by atoms with Crippen molar-refractivity contribution in [2.45, 2.75) is 65.1 Å². The van der Waals surface area contributed by atoms with Crippen LogP contribution < -0.4 is 5.32 Å². The van der Waals surface area contributed by atoms with Gasteiger partial charge < -0.3 is 10.1 Å². The van der Waals surface area contributed by atoms with Gasteiger partial charge in [-0.2, -0.15) is 0 Å². The molecule has 0 aliphatic heterocycles. The summed E-state index contributed by atoms with van der Waals surface area (Å²) < 4.78 is 7.79. The first kappa shape index (κ1) is 15.4. The maximum Gasteiger partial charge on any atom is 0.0964 e. The Labute approximate surface area is 122 Å². The van der Waals surface area contributed by atoms with E-state index in [2.05, 4.69) is 29.5 Å². The van der Waals surface area contributed by atoms with Crippen LogP contribution in [0.25, 0.3) is 0 Å². The summed E-state index contributed by atoms with van der Waals surface area (Å²) in [6.45, 7) is 7.75. The van der Waals surface area contributed by atoms with Crippen molar-refractivity contribution < 1.29 is 4.74 Å². The molecule has 20 heavy (non-hydrogen) atoms. The molecule has 1 heterocycles. The molecule has 1 N–H and O–H groups in total. The predicted molar refractivity (Wildman–Crippen MR) is 79.4 cm³/mol. The molecule has 114 valence electrons. The molecule has 1 aliphatic carbocycles. The van der Waals surface area contributed by atoms with Gasteiger partial charge in [-0.05, 0) is 25.3 Å². The fraction of sp³-hybridized carbons (Fsp3) is 0.867. The first-order valence-electron chi connectivity index (χ1n) is 7.95. The number of hydrogen-bond donors (Lipinski definition) is 1. The summed E-state index contributed by atoms with van der Waals surface area (Å²) >= 11 is 0. The van der Waals surface area contributed by atoms with E-state index in [1.807, 2.05) is 10.9 Å². The Morgan fingerprint density at radius 1 is 1.35 bits per heavy atom. The Hall–Kier alpha value is -0.940. The van der Waals surface area contributed by atoms with Crippen LogP contribution >= 0.6 is 0 Å². The first-order valence-corrected chi connectivity index (χ1v) is 7.95. The second-order valence-electron chi connectivity index (χ2n) is 6.13. The minimum atomic E-state index is 0.472. The van der Waals surface area contributed by atoms with Crippen LogP contribution in [0.5, 0.6) is 0 Å².